The summed E-state index contributed by atoms with van der Waals surface area (Å²) in [6.45, 7) is 14.3. The number of aromatic nitrogens is 1. The molecule has 1 amide bonds. The Bertz CT molecular complexity index is 1310. The molecule has 3 aromatic rings. The summed E-state index contributed by atoms with van der Waals surface area (Å²) >= 11 is 1.64. The number of methoxy groups -OCH3 is 1. The quantitative estimate of drug-likeness (QED) is 0.218. The first kappa shape index (κ1) is 30.2. The van der Waals surface area contributed by atoms with Crippen LogP contribution in [0.25, 0.3) is 11.1 Å². The molecule has 39 heavy (non-hydrogen) atoms. The number of pyridine rings is 1. The number of hydrogen-bond donors (Lipinski definition) is 1. The van der Waals surface area contributed by atoms with Crippen LogP contribution in [0.3, 0.4) is 0 Å². The smallest absolute Gasteiger partial charge is 0.407 e. The second kappa shape index (κ2) is 13.2. The van der Waals surface area contributed by atoms with Crippen LogP contribution in [-0.4, -0.2) is 29.8 Å². The average Bonchev–Trinajstić information content (AvgIpc) is 2.86. The minimum Gasteiger partial charge on any atom is -0.465 e. The van der Waals surface area contributed by atoms with Gasteiger partial charge >= 0.3 is 12.1 Å². The van der Waals surface area contributed by atoms with E-state index in [0.717, 1.165) is 45.0 Å². The number of carbonyl (C=O) groups is 2. The van der Waals surface area contributed by atoms with Crippen LogP contribution in [0.4, 0.5) is 4.79 Å². The number of hydrogen-bond acceptors (Lipinski definition) is 6. The van der Waals surface area contributed by atoms with Crippen molar-refractivity contribution >= 4 is 23.8 Å². The van der Waals surface area contributed by atoms with Gasteiger partial charge in [-0.15, -0.1) is 11.8 Å². The van der Waals surface area contributed by atoms with Crippen LogP contribution in [0.1, 0.15) is 73.1 Å². The van der Waals surface area contributed by atoms with Gasteiger partial charge in [-0.2, -0.15) is 0 Å². The van der Waals surface area contributed by atoms with Crippen molar-refractivity contribution in [2.24, 2.45) is 5.92 Å². The summed E-state index contributed by atoms with van der Waals surface area (Å²) in [6.07, 6.45) is 0.337. The molecule has 0 fully saturated rings. The van der Waals surface area contributed by atoms with Gasteiger partial charge in [0.25, 0.3) is 0 Å². The van der Waals surface area contributed by atoms with Gasteiger partial charge in [0.15, 0.2) is 0 Å². The van der Waals surface area contributed by atoms with Crippen molar-refractivity contribution in [1.29, 1.82) is 0 Å². The van der Waals surface area contributed by atoms with Crippen LogP contribution >= 0.6 is 11.8 Å². The Labute approximate surface area is 236 Å². The maximum Gasteiger partial charge on any atom is 0.407 e. The van der Waals surface area contributed by atoms with Gasteiger partial charge in [0.1, 0.15) is 5.60 Å². The van der Waals surface area contributed by atoms with Crippen LogP contribution in [0.5, 0.6) is 0 Å². The lowest BCUT2D eigenvalue weighted by atomic mass is 9.90. The van der Waals surface area contributed by atoms with Crippen molar-refractivity contribution in [2.45, 2.75) is 77.7 Å². The predicted molar refractivity (Wildman–Crippen MR) is 158 cm³/mol. The van der Waals surface area contributed by atoms with E-state index in [1.807, 2.05) is 45.9 Å². The molecule has 6 nitrogen and oxygen atoms in total. The van der Waals surface area contributed by atoms with E-state index in [-0.39, 0.29) is 5.97 Å². The van der Waals surface area contributed by atoms with Gasteiger partial charge in [-0.05, 0) is 81.8 Å². The first-order valence-corrected chi connectivity index (χ1v) is 14.2. The molecule has 0 atom stereocenters. The molecule has 0 saturated heterocycles. The van der Waals surface area contributed by atoms with Crippen molar-refractivity contribution in [3.8, 4) is 11.1 Å². The summed E-state index contributed by atoms with van der Waals surface area (Å²) in [6, 6.07) is 15.9. The van der Waals surface area contributed by atoms with E-state index in [1.165, 1.54) is 12.7 Å². The van der Waals surface area contributed by atoms with E-state index in [0.29, 0.717) is 23.8 Å². The van der Waals surface area contributed by atoms with Gasteiger partial charge < -0.3 is 14.8 Å². The fourth-order valence-electron chi connectivity index (χ4n) is 4.30. The zero-order valence-corrected chi connectivity index (χ0v) is 25.1. The van der Waals surface area contributed by atoms with Crippen LogP contribution < -0.4 is 5.32 Å². The monoisotopic (exact) mass is 548 g/mol. The number of amides is 1. The van der Waals surface area contributed by atoms with E-state index in [4.69, 9.17) is 14.5 Å². The molecule has 2 aromatic carbocycles. The van der Waals surface area contributed by atoms with Gasteiger partial charge in [0.05, 0.1) is 12.7 Å². The zero-order valence-electron chi connectivity index (χ0n) is 24.3. The second-order valence-corrected chi connectivity index (χ2v) is 12.2. The van der Waals surface area contributed by atoms with Crippen molar-refractivity contribution in [1.82, 2.24) is 10.3 Å². The molecule has 3 rings (SSSR count). The number of ether oxygens (including phenoxy) is 2. The molecule has 1 aromatic heterocycles. The number of carbonyl (C=O) groups excluding carboxylic acids is 2. The molecule has 0 aliphatic carbocycles. The van der Waals surface area contributed by atoms with Crippen molar-refractivity contribution in [3.05, 3.63) is 82.2 Å². The van der Waals surface area contributed by atoms with E-state index in [2.05, 4.69) is 50.4 Å². The number of esters is 1. The fourth-order valence-corrected chi connectivity index (χ4v) is 5.35. The highest BCUT2D eigenvalue weighted by atomic mass is 32.2. The third kappa shape index (κ3) is 8.59. The van der Waals surface area contributed by atoms with Gasteiger partial charge in [-0.25, -0.2) is 9.59 Å². The molecule has 0 radical (unpaired) electrons. The van der Waals surface area contributed by atoms with Crippen LogP contribution in [0, 0.1) is 19.8 Å². The summed E-state index contributed by atoms with van der Waals surface area (Å²) in [5.74, 6) is 0.683. The Balaban J connectivity index is 2.09. The number of alkyl carbamates (subject to hydrolysis) is 1. The maximum absolute atomic E-state index is 12.6. The molecule has 0 bridgehead atoms. The molecule has 0 unspecified atom stereocenters. The van der Waals surface area contributed by atoms with E-state index in [9.17, 15) is 9.59 Å². The molecule has 1 heterocycles. The minimum atomic E-state index is -0.587. The van der Waals surface area contributed by atoms with Crippen molar-refractivity contribution < 1.29 is 19.1 Å². The normalized spacial score (nSPS) is 11.4. The summed E-state index contributed by atoms with van der Waals surface area (Å²) in [5, 5.41) is 2.98. The molecule has 7 heteroatoms. The number of nitrogens with zero attached hydrogens (tertiary/aromatic N) is 1. The minimum absolute atomic E-state index is 0.308. The molecular weight excluding hydrogens is 508 g/mol. The molecule has 0 aliphatic rings. The van der Waals surface area contributed by atoms with Gasteiger partial charge in [-0.3, -0.25) is 4.98 Å². The van der Waals surface area contributed by atoms with Gasteiger partial charge in [0.2, 0.25) is 0 Å². The Hall–Kier alpha value is -3.32. The molecule has 208 valence electrons. The Morgan fingerprint density at radius 3 is 2.33 bits per heavy atom. The SMILES string of the molecule is COC(=O)c1cccc(SCc2c(C)nc(CC(C)C)c(CNC(=O)OC(C)(C)C)c2-c2ccc(C)cc2)c1. The Morgan fingerprint density at radius 1 is 1.03 bits per heavy atom. The maximum atomic E-state index is 12.6. The lowest BCUT2D eigenvalue weighted by molar-refractivity contribution is 0.0522. The van der Waals surface area contributed by atoms with Crippen molar-refractivity contribution in [2.75, 3.05) is 7.11 Å². The number of benzene rings is 2. The Morgan fingerprint density at radius 2 is 1.72 bits per heavy atom. The highest BCUT2D eigenvalue weighted by Crippen LogP contribution is 2.36. The van der Waals surface area contributed by atoms with Crippen molar-refractivity contribution in [3.63, 3.8) is 0 Å². The number of nitrogens with one attached hydrogen (secondary N) is 1. The first-order chi connectivity index (χ1) is 18.4. The molecule has 1 N–H and O–H groups in total. The van der Waals surface area contributed by atoms with Gasteiger partial charge in [-0.1, -0.05) is 49.7 Å². The van der Waals surface area contributed by atoms with E-state index < -0.39 is 11.7 Å². The lowest BCUT2D eigenvalue weighted by Gasteiger charge is -2.23. The lowest BCUT2D eigenvalue weighted by Crippen LogP contribution is -2.32. The third-order valence-corrected chi connectivity index (χ3v) is 7.10. The zero-order chi connectivity index (χ0) is 28.7. The number of thioether (sulfide) groups is 1. The van der Waals surface area contributed by atoms with E-state index in [1.54, 1.807) is 17.8 Å². The van der Waals surface area contributed by atoms with Crippen LogP contribution in [0.2, 0.25) is 0 Å². The summed E-state index contributed by atoms with van der Waals surface area (Å²) in [5.41, 5.74) is 7.32. The molecule has 0 spiro atoms. The summed E-state index contributed by atoms with van der Waals surface area (Å²) in [7, 11) is 1.39. The molecule has 0 aliphatic heterocycles. The highest BCUT2D eigenvalue weighted by Gasteiger charge is 2.22. The van der Waals surface area contributed by atoms with Gasteiger partial charge in [0, 0.05) is 34.1 Å². The third-order valence-electron chi connectivity index (χ3n) is 6.08. The second-order valence-electron chi connectivity index (χ2n) is 11.1. The summed E-state index contributed by atoms with van der Waals surface area (Å²) in [4.78, 5) is 30.7. The Kier molecular flexibility index (Phi) is 10.2. The predicted octanol–water partition coefficient (Wildman–Crippen LogP) is 7.67. The number of rotatable bonds is 9. The summed E-state index contributed by atoms with van der Waals surface area (Å²) < 4.78 is 10.4. The first-order valence-electron chi connectivity index (χ1n) is 13.2. The largest absolute Gasteiger partial charge is 0.465 e. The van der Waals surface area contributed by atoms with Crippen LogP contribution in [-0.2, 0) is 28.2 Å². The fraction of sp³-hybridized carbons (Fsp3) is 0.406. The average molecular weight is 549 g/mol. The number of aryl methyl sites for hydroxylation is 2. The topological polar surface area (TPSA) is 77.5 Å². The highest BCUT2D eigenvalue weighted by molar-refractivity contribution is 7.98. The molecular formula is C32H40N2O4S. The van der Waals surface area contributed by atoms with Crippen LogP contribution in [0.15, 0.2) is 53.4 Å². The standard InChI is InChI=1S/C32H40N2O4S/c1-20(2)16-28-26(18-33-31(36)38-32(5,6)7)29(23-14-12-21(3)13-15-23)27(22(4)34-28)19-39-25-11-9-10-24(17-25)30(35)37-8/h9-15,17,20H,16,18-19H2,1-8H3,(H,33,36). The van der Waals surface area contributed by atoms with E-state index >= 15 is 0 Å². The molecule has 0 saturated carbocycles.